The van der Waals surface area contributed by atoms with Crippen LogP contribution < -0.4 is 4.74 Å². The molecule has 0 radical (unpaired) electrons. The fraction of sp³-hybridized carbons (Fsp3) is 0.741. The predicted molar refractivity (Wildman–Crippen MR) is 126 cm³/mol. The minimum Gasteiger partial charge on any atom is -0.426 e. The first-order chi connectivity index (χ1) is 15.0. The minimum absolute atomic E-state index is 0.0403. The third kappa shape index (κ3) is 8.08. The summed E-state index contributed by atoms with van der Waals surface area (Å²) in [6, 6.07) is 4.14. The van der Waals surface area contributed by atoms with E-state index in [9.17, 15) is 9.18 Å². The molecule has 2 aliphatic rings. The largest absolute Gasteiger partial charge is 0.426 e. The van der Waals surface area contributed by atoms with Crippen molar-refractivity contribution in [2.45, 2.75) is 103 Å². The van der Waals surface area contributed by atoms with Crippen LogP contribution in [0.15, 0.2) is 18.2 Å². The molecule has 0 bridgehead atoms. The number of esters is 1. The van der Waals surface area contributed by atoms with E-state index in [0.717, 1.165) is 24.2 Å². The first kappa shape index (κ1) is 24.6. The molecule has 3 rings (SSSR count). The summed E-state index contributed by atoms with van der Waals surface area (Å²) in [6.45, 7) is 2.28. The zero-order valence-corrected chi connectivity index (χ0v) is 20.0. The number of hydrogen-bond acceptors (Lipinski definition) is 2. The molecule has 2 fully saturated rings. The number of ether oxygens (including phenoxy) is 1. The maximum atomic E-state index is 13.5. The molecule has 1 unspecified atom stereocenters. The van der Waals surface area contributed by atoms with E-state index >= 15 is 0 Å². The molecule has 2 atom stereocenters. The van der Waals surface area contributed by atoms with Crippen molar-refractivity contribution in [1.29, 1.82) is 0 Å². The number of benzene rings is 1. The summed E-state index contributed by atoms with van der Waals surface area (Å²) in [5, 5.41) is 0.0403. The van der Waals surface area contributed by atoms with Gasteiger partial charge >= 0.3 is 5.97 Å². The number of carbonyl (C=O) groups excluding carboxylic acids is 1. The molecule has 0 spiro atoms. The summed E-state index contributed by atoms with van der Waals surface area (Å²) in [6.07, 6.45) is 19.2. The van der Waals surface area contributed by atoms with E-state index in [4.69, 9.17) is 16.3 Å². The van der Waals surface area contributed by atoms with Gasteiger partial charge in [0.15, 0.2) is 0 Å². The molecule has 0 amide bonds. The SMILES string of the molecule is CCCCCC[C@H]1CC[C@H]([C@H]2CCCC(CCC(=O)Oc3ccc(Cl)c(F)c3)C2)CC1. The van der Waals surface area contributed by atoms with E-state index < -0.39 is 5.82 Å². The topological polar surface area (TPSA) is 26.3 Å². The second-order valence-corrected chi connectivity index (χ2v) is 10.4. The molecule has 2 aliphatic carbocycles. The summed E-state index contributed by atoms with van der Waals surface area (Å²) in [5.74, 6) is 2.75. The molecule has 1 aromatic carbocycles. The van der Waals surface area contributed by atoms with Crippen molar-refractivity contribution in [3.05, 3.63) is 29.0 Å². The zero-order chi connectivity index (χ0) is 22.1. The molecule has 0 aromatic heterocycles. The van der Waals surface area contributed by atoms with E-state index in [-0.39, 0.29) is 16.7 Å². The zero-order valence-electron chi connectivity index (χ0n) is 19.2. The molecular formula is C27H40ClFO2. The summed E-state index contributed by atoms with van der Waals surface area (Å²) < 4.78 is 18.8. The minimum atomic E-state index is -0.558. The smallest absolute Gasteiger partial charge is 0.311 e. The van der Waals surface area contributed by atoms with Gasteiger partial charge < -0.3 is 4.74 Å². The van der Waals surface area contributed by atoms with Gasteiger partial charge in [-0.1, -0.05) is 82.7 Å². The highest BCUT2D eigenvalue weighted by Crippen LogP contribution is 2.43. The summed E-state index contributed by atoms with van der Waals surface area (Å²) >= 11 is 5.68. The van der Waals surface area contributed by atoms with Crippen LogP contribution in [0, 0.1) is 29.5 Å². The van der Waals surface area contributed by atoms with E-state index in [1.807, 2.05) is 0 Å². The Morgan fingerprint density at radius 1 is 1.00 bits per heavy atom. The predicted octanol–water partition coefficient (Wildman–Crippen LogP) is 8.75. The van der Waals surface area contributed by atoms with Gasteiger partial charge in [-0.05, 0) is 61.5 Å². The molecule has 0 N–H and O–H groups in total. The van der Waals surface area contributed by atoms with Gasteiger partial charge in [-0.3, -0.25) is 4.79 Å². The Morgan fingerprint density at radius 2 is 1.81 bits per heavy atom. The summed E-state index contributed by atoms with van der Waals surface area (Å²) in [7, 11) is 0. The van der Waals surface area contributed by atoms with Gasteiger partial charge in [0.1, 0.15) is 11.6 Å². The summed E-state index contributed by atoms with van der Waals surface area (Å²) in [4.78, 5) is 12.2. The van der Waals surface area contributed by atoms with E-state index in [1.165, 1.54) is 95.6 Å². The molecule has 2 saturated carbocycles. The van der Waals surface area contributed by atoms with Gasteiger partial charge in [0.2, 0.25) is 0 Å². The lowest BCUT2D eigenvalue weighted by Gasteiger charge is -2.38. The van der Waals surface area contributed by atoms with Crippen molar-refractivity contribution in [2.75, 3.05) is 0 Å². The normalized spacial score (nSPS) is 26.5. The maximum absolute atomic E-state index is 13.5. The fourth-order valence-corrected chi connectivity index (χ4v) is 5.99. The standard InChI is InChI=1S/C27H40ClFO2/c1-2-3-4-5-7-20-10-13-22(14-11-20)23-9-6-8-21(18-23)12-17-27(30)31-24-15-16-25(28)26(29)19-24/h15-16,19-23H,2-14,17-18H2,1H3/t20-,21?,22-,23-/m0/s1. The van der Waals surface area contributed by atoms with Crippen LogP contribution in [0.2, 0.25) is 5.02 Å². The highest BCUT2D eigenvalue weighted by atomic mass is 35.5. The molecule has 0 aliphatic heterocycles. The quantitative estimate of drug-likeness (QED) is 0.202. The number of carbonyl (C=O) groups is 1. The van der Waals surface area contributed by atoms with Crippen molar-refractivity contribution in [2.24, 2.45) is 23.7 Å². The van der Waals surface area contributed by atoms with Crippen LogP contribution >= 0.6 is 11.6 Å². The van der Waals surface area contributed by atoms with Crippen molar-refractivity contribution >= 4 is 17.6 Å². The van der Waals surface area contributed by atoms with E-state index in [1.54, 1.807) is 6.07 Å². The molecular weight excluding hydrogens is 411 g/mol. The molecule has 0 heterocycles. The van der Waals surface area contributed by atoms with Crippen molar-refractivity contribution in [1.82, 2.24) is 0 Å². The van der Waals surface area contributed by atoms with Gasteiger partial charge in [-0.15, -0.1) is 0 Å². The Bertz CT molecular complexity index is 684. The first-order valence-corrected chi connectivity index (χ1v) is 13.1. The van der Waals surface area contributed by atoms with Gasteiger partial charge in [0.25, 0.3) is 0 Å². The third-order valence-electron chi connectivity index (χ3n) is 7.73. The molecule has 0 saturated heterocycles. The van der Waals surface area contributed by atoms with Crippen LogP contribution in [0.25, 0.3) is 0 Å². The summed E-state index contributed by atoms with van der Waals surface area (Å²) in [5.41, 5.74) is 0. The number of hydrogen-bond donors (Lipinski definition) is 0. The van der Waals surface area contributed by atoms with Crippen LogP contribution in [-0.4, -0.2) is 5.97 Å². The van der Waals surface area contributed by atoms with Gasteiger partial charge in [-0.2, -0.15) is 0 Å². The lowest BCUT2D eigenvalue weighted by Crippen LogP contribution is -2.27. The van der Waals surface area contributed by atoms with Crippen LogP contribution in [0.3, 0.4) is 0 Å². The Balaban J connectivity index is 1.35. The van der Waals surface area contributed by atoms with Crippen molar-refractivity contribution < 1.29 is 13.9 Å². The van der Waals surface area contributed by atoms with Crippen LogP contribution in [-0.2, 0) is 4.79 Å². The Hall–Kier alpha value is -1.09. The van der Waals surface area contributed by atoms with Crippen LogP contribution in [0.4, 0.5) is 4.39 Å². The van der Waals surface area contributed by atoms with Crippen molar-refractivity contribution in [3.8, 4) is 5.75 Å². The number of rotatable bonds is 10. The lowest BCUT2D eigenvalue weighted by molar-refractivity contribution is -0.134. The second-order valence-electron chi connectivity index (χ2n) is 10.0. The fourth-order valence-electron chi connectivity index (χ4n) is 5.88. The number of unbranched alkanes of at least 4 members (excludes halogenated alkanes) is 3. The van der Waals surface area contributed by atoms with Crippen LogP contribution in [0.5, 0.6) is 5.75 Å². The molecule has 2 nitrogen and oxygen atoms in total. The third-order valence-corrected chi connectivity index (χ3v) is 8.03. The van der Waals surface area contributed by atoms with E-state index in [0.29, 0.717) is 12.3 Å². The molecule has 174 valence electrons. The van der Waals surface area contributed by atoms with Gasteiger partial charge in [0, 0.05) is 12.5 Å². The van der Waals surface area contributed by atoms with Gasteiger partial charge in [0.05, 0.1) is 5.02 Å². The Kier molecular flexibility index (Phi) is 10.2. The first-order valence-electron chi connectivity index (χ1n) is 12.7. The highest BCUT2D eigenvalue weighted by Gasteiger charge is 2.31. The average molecular weight is 451 g/mol. The molecule has 4 heteroatoms. The van der Waals surface area contributed by atoms with Crippen molar-refractivity contribution in [3.63, 3.8) is 0 Å². The Labute approximate surface area is 193 Å². The molecule has 31 heavy (non-hydrogen) atoms. The Morgan fingerprint density at radius 3 is 2.55 bits per heavy atom. The molecule has 1 aromatic rings. The van der Waals surface area contributed by atoms with E-state index in [2.05, 4.69) is 6.92 Å². The second kappa shape index (κ2) is 12.8. The lowest BCUT2D eigenvalue weighted by atomic mass is 9.67. The van der Waals surface area contributed by atoms with Gasteiger partial charge in [-0.25, -0.2) is 4.39 Å². The average Bonchev–Trinajstić information content (AvgIpc) is 2.78. The monoisotopic (exact) mass is 450 g/mol. The number of halogens is 2. The maximum Gasteiger partial charge on any atom is 0.311 e. The highest BCUT2D eigenvalue weighted by molar-refractivity contribution is 6.30. The van der Waals surface area contributed by atoms with Crippen LogP contribution in [0.1, 0.15) is 103 Å².